The Hall–Kier alpha value is -1.65. The summed E-state index contributed by atoms with van der Waals surface area (Å²) >= 11 is 11.5. The van der Waals surface area contributed by atoms with E-state index in [9.17, 15) is 4.79 Å². The van der Waals surface area contributed by atoms with Crippen molar-refractivity contribution in [1.29, 1.82) is 0 Å². The van der Waals surface area contributed by atoms with E-state index in [1.54, 1.807) is 24.3 Å². The minimum absolute atomic E-state index is 0.00317. The van der Waals surface area contributed by atoms with Crippen LogP contribution in [0.25, 0.3) is 0 Å². The maximum Gasteiger partial charge on any atom is 0.223 e. The molecule has 6 heteroatoms. The van der Waals surface area contributed by atoms with Crippen molar-refractivity contribution in [1.82, 2.24) is 9.97 Å². The van der Waals surface area contributed by atoms with Crippen LogP contribution in [-0.4, -0.2) is 22.9 Å². The number of hydrogen-bond donors (Lipinski definition) is 0. The van der Waals surface area contributed by atoms with Crippen molar-refractivity contribution in [2.75, 3.05) is 7.11 Å². The Labute approximate surface area is 114 Å². The lowest BCUT2D eigenvalue weighted by Crippen LogP contribution is -2.06. The topological polar surface area (TPSA) is 52.1 Å². The summed E-state index contributed by atoms with van der Waals surface area (Å²) in [5.74, 6) is 0.155. The Morgan fingerprint density at radius 2 is 1.94 bits per heavy atom. The number of halogens is 2. The maximum atomic E-state index is 12.3. The summed E-state index contributed by atoms with van der Waals surface area (Å²) in [4.78, 5) is 19.8. The lowest BCUT2D eigenvalue weighted by atomic mass is 10.1. The lowest BCUT2D eigenvalue weighted by molar-refractivity contribution is 0.103. The molecule has 18 heavy (non-hydrogen) atoms. The summed E-state index contributed by atoms with van der Waals surface area (Å²) in [5, 5.41) is 0.0162. The van der Waals surface area contributed by atoms with Gasteiger partial charge in [0.1, 0.15) is 10.9 Å². The number of carbonyl (C=O) groups excluding carboxylic acids is 1. The number of benzene rings is 1. The molecule has 0 aliphatic heterocycles. The Morgan fingerprint density at radius 1 is 1.22 bits per heavy atom. The summed E-state index contributed by atoms with van der Waals surface area (Å²) in [5.41, 5.74) is 0.582. The molecule has 0 amide bonds. The average Bonchev–Trinajstić information content (AvgIpc) is 2.38. The molecule has 0 saturated heterocycles. The van der Waals surface area contributed by atoms with Gasteiger partial charge in [0.15, 0.2) is 0 Å². The highest BCUT2D eigenvalue weighted by Gasteiger charge is 2.18. The Kier molecular flexibility index (Phi) is 3.79. The highest BCUT2D eigenvalue weighted by Crippen LogP contribution is 2.24. The van der Waals surface area contributed by atoms with Crippen LogP contribution in [0.3, 0.4) is 0 Å². The molecule has 92 valence electrons. The van der Waals surface area contributed by atoms with Gasteiger partial charge in [0.05, 0.1) is 18.2 Å². The molecule has 4 nitrogen and oxygen atoms in total. The molecule has 0 fully saturated rings. The van der Waals surface area contributed by atoms with E-state index >= 15 is 0 Å². The molecule has 1 aromatic carbocycles. The zero-order valence-corrected chi connectivity index (χ0v) is 10.9. The fourth-order valence-electron chi connectivity index (χ4n) is 1.47. The molecule has 0 saturated carbocycles. The van der Waals surface area contributed by atoms with E-state index in [-0.39, 0.29) is 21.8 Å². The molecule has 1 heterocycles. The van der Waals surface area contributed by atoms with Gasteiger partial charge in [-0.3, -0.25) is 4.79 Å². The van der Waals surface area contributed by atoms with Crippen LogP contribution in [0, 0.1) is 0 Å². The zero-order chi connectivity index (χ0) is 13.1. The largest absolute Gasteiger partial charge is 0.496 e. The van der Waals surface area contributed by atoms with Crippen LogP contribution in [0.1, 0.15) is 15.9 Å². The lowest BCUT2D eigenvalue weighted by Gasteiger charge is -2.07. The zero-order valence-electron chi connectivity index (χ0n) is 9.35. The third kappa shape index (κ3) is 2.44. The van der Waals surface area contributed by atoms with Gasteiger partial charge in [-0.1, -0.05) is 23.7 Å². The predicted octanol–water partition coefficient (Wildman–Crippen LogP) is 3.02. The molecule has 0 aliphatic rings. The molecule has 0 aliphatic carbocycles. The number of nitrogens with zero attached hydrogens (tertiary/aromatic N) is 2. The molecule has 0 radical (unpaired) electrons. The third-order valence-electron chi connectivity index (χ3n) is 2.31. The normalized spacial score (nSPS) is 10.2. The maximum absolute atomic E-state index is 12.3. The van der Waals surface area contributed by atoms with Crippen LogP contribution in [0.2, 0.25) is 10.4 Å². The van der Waals surface area contributed by atoms with Crippen molar-refractivity contribution in [3.63, 3.8) is 0 Å². The van der Waals surface area contributed by atoms with Gasteiger partial charge in [0.25, 0.3) is 0 Å². The van der Waals surface area contributed by atoms with Crippen molar-refractivity contribution in [3.05, 3.63) is 52.0 Å². The highest BCUT2D eigenvalue weighted by atomic mass is 35.5. The first-order valence-electron chi connectivity index (χ1n) is 4.99. The van der Waals surface area contributed by atoms with Crippen molar-refractivity contribution in [2.24, 2.45) is 0 Å². The van der Waals surface area contributed by atoms with Crippen LogP contribution in [0.4, 0.5) is 0 Å². The second kappa shape index (κ2) is 5.33. The van der Waals surface area contributed by atoms with Crippen molar-refractivity contribution < 1.29 is 9.53 Å². The van der Waals surface area contributed by atoms with Crippen molar-refractivity contribution in [3.8, 4) is 5.75 Å². The van der Waals surface area contributed by atoms with Crippen LogP contribution < -0.4 is 4.74 Å². The predicted molar refractivity (Wildman–Crippen MR) is 68.5 cm³/mol. The van der Waals surface area contributed by atoms with Gasteiger partial charge in [-0.2, -0.15) is 0 Å². The number of rotatable bonds is 3. The van der Waals surface area contributed by atoms with Crippen molar-refractivity contribution >= 4 is 29.0 Å². The van der Waals surface area contributed by atoms with Crippen LogP contribution in [-0.2, 0) is 0 Å². The van der Waals surface area contributed by atoms with Gasteiger partial charge in [0, 0.05) is 6.20 Å². The molecule has 2 aromatic rings. The quantitative estimate of drug-likeness (QED) is 0.493. The fourth-order valence-corrected chi connectivity index (χ4v) is 1.86. The number of ketones is 1. The molecule has 0 atom stereocenters. The SMILES string of the molecule is COc1ccccc1C(=O)c1cnc(Cl)nc1Cl. The van der Waals surface area contributed by atoms with E-state index in [2.05, 4.69) is 9.97 Å². The molecular weight excluding hydrogens is 275 g/mol. The number of para-hydroxylation sites is 1. The van der Waals surface area contributed by atoms with Crippen LogP contribution in [0.5, 0.6) is 5.75 Å². The van der Waals surface area contributed by atoms with Gasteiger partial charge >= 0.3 is 0 Å². The summed E-state index contributed by atoms with van der Waals surface area (Å²) in [7, 11) is 1.49. The van der Waals surface area contributed by atoms with Gasteiger partial charge in [0.2, 0.25) is 11.1 Å². The van der Waals surface area contributed by atoms with Crippen molar-refractivity contribution in [2.45, 2.75) is 0 Å². The summed E-state index contributed by atoms with van der Waals surface area (Å²) in [6, 6.07) is 6.85. The Morgan fingerprint density at radius 3 is 2.61 bits per heavy atom. The molecule has 2 rings (SSSR count). The van der Waals surface area contributed by atoms with Gasteiger partial charge in [-0.25, -0.2) is 9.97 Å². The first-order chi connectivity index (χ1) is 8.63. The number of carbonyl (C=O) groups is 1. The van der Waals surface area contributed by atoms with E-state index < -0.39 is 0 Å². The number of hydrogen-bond acceptors (Lipinski definition) is 4. The first-order valence-corrected chi connectivity index (χ1v) is 5.75. The van der Waals surface area contributed by atoms with Gasteiger partial charge in [-0.15, -0.1) is 0 Å². The van der Waals surface area contributed by atoms with E-state index in [0.717, 1.165) is 0 Å². The Balaban J connectivity index is 2.48. The molecular formula is C12H8Cl2N2O2. The molecule has 0 spiro atoms. The number of aromatic nitrogens is 2. The van der Waals surface area contributed by atoms with E-state index in [4.69, 9.17) is 27.9 Å². The van der Waals surface area contributed by atoms with Gasteiger partial charge < -0.3 is 4.74 Å². The monoisotopic (exact) mass is 282 g/mol. The molecule has 0 unspecified atom stereocenters. The Bertz CT molecular complexity index is 602. The first kappa shape index (κ1) is 12.8. The van der Waals surface area contributed by atoms with E-state index in [1.165, 1.54) is 13.3 Å². The summed E-state index contributed by atoms with van der Waals surface area (Å²) < 4.78 is 5.12. The second-order valence-electron chi connectivity index (χ2n) is 3.37. The molecule has 0 N–H and O–H groups in total. The van der Waals surface area contributed by atoms with E-state index in [0.29, 0.717) is 11.3 Å². The second-order valence-corrected chi connectivity index (χ2v) is 4.07. The van der Waals surface area contributed by atoms with Crippen LogP contribution in [0.15, 0.2) is 30.5 Å². The minimum atomic E-state index is -0.311. The summed E-state index contributed by atoms with van der Waals surface area (Å²) in [6.07, 6.45) is 1.30. The third-order valence-corrected chi connectivity index (χ3v) is 2.78. The van der Waals surface area contributed by atoms with Gasteiger partial charge in [-0.05, 0) is 23.7 Å². The van der Waals surface area contributed by atoms with Crippen LogP contribution >= 0.6 is 23.2 Å². The number of ether oxygens (including phenoxy) is 1. The standard InChI is InChI=1S/C12H8Cl2N2O2/c1-18-9-5-3-2-4-7(9)10(17)8-6-15-12(14)16-11(8)13/h2-6H,1H3. The molecule has 1 aromatic heterocycles. The minimum Gasteiger partial charge on any atom is -0.496 e. The van der Waals surface area contributed by atoms with E-state index in [1.807, 2.05) is 0 Å². The average molecular weight is 283 g/mol. The highest BCUT2D eigenvalue weighted by molar-refractivity contribution is 6.35. The molecule has 0 bridgehead atoms. The smallest absolute Gasteiger partial charge is 0.223 e. The number of methoxy groups -OCH3 is 1. The fraction of sp³-hybridized carbons (Fsp3) is 0.0833. The summed E-state index contributed by atoms with van der Waals surface area (Å²) in [6.45, 7) is 0.